The zero-order valence-electron chi connectivity index (χ0n) is 11.8. The maximum atomic E-state index is 11.3. The number of carboxylic acid groups (broad SMARTS) is 1. The van der Waals surface area contributed by atoms with Gasteiger partial charge in [-0.25, -0.2) is 4.98 Å². The summed E-state index contributed by atoms with van der Waals surface area (Å²) >= 11 is 3.25. The van der Waals surface area contributed by atoms with Crippen molar-refractivity contribution in [3.05, 3.63) is 27.9 Å². The topological polar surface area (TPSA) is 53.4 Å². The lowest BCUT2D eigenvalue weighted by Crippen LogP contribution is -2.49. The number of thiophene rings is 1. The number of hydrogen-bond donors (Lipinski definition) is 1. The van der Waals surface area contributed by atoms with Crippen LogP contribution in [0.2, 0.25) is 0 Å². The first-order valence-corrected chi connectivity index (χ1v) is 8.22. The number of thiazole rings is 1. The van der Waals surface area contributed by atoms with E-state index in [0.29, 0.717) is 13.1 Å². The van der Waals surface area contributed by atoms with Gasteiger partial charge in [0.2, 0.25) is 0 Å². The van der Waals surface area contributed by atoms with Gasteiger partial charge in [-0.2, -0.15) is 11.3 Å². The SMILES string of the molecule is CCN(Cc1csc(-c2ccsc2)n1)C(C)(C)C(=O)O. The van der Waals surface area contributed by atoms with Crippen molar-refractivity contribution in [2.45, 2.75) is 32.9 Å². The van der Waals surface area contributed by atoms with Gasteiger partial charge in [0.05, 0.1) is 5.69 Å². The molecule has 2 aromatic rings. The molecule has 2 aromatic heterocycles. The summed E-state index contributed by atoms with van der Waals surface area (Å²) in [4.78, 5) is 17.9. The van der Waals surface area contributed by atoms with E-state index in [9.17, 15) is 9.90 Å². The standard InChI is InChI=1S/C14H18N2O2S2/c1-4-16(14(2,3)13(17)18)7-11-9-20-12(15-11)10-5-6-19-8-10/h5-6,8-9H,4,7H2,1-3H3,(H,17,18). The third-order valence-electron chi connectivity index (χ3n) is 3.37. The van der Waals surface area contributed by atoms with E-state index in [2.05, 4.69) is 10.4 Å². The van der Waals surface area contributed by atoms with Crippen molar-refractivity contribution in [2.75, 3.05) is 6.54 Å². The number of nitrogens with zero attached hydrogens (tertiary/aromatic N) is 2. The van der Waals surface area contributed by atoms with Gasteiger partial charge in [-0.05, 0) is 31.8 Å². The molecule has 0 atom stereocenters. The second-order valence-electron chi connectivity index (χ2n) is 5.03. The van der Waals surface area contributed by atoms with E-state index in [4.69, 9.17) is 0 Å². The fourth-order valence-electron chi connectivity index (χ4n) is 1.93. The molecule has 0 amide bonds. The second kappa shape index (κ2) is 6.03. The minimum atomic E-state index is -0.888. The first kappa shape index (κ1) is 15.2. The summed E-state index contributed by atoms with van der Waals surface area (Å²) in [6.45, 7) is 6.65. The molecule has 0 fully saturated rings. The summed E-state index contributed by atoms with van der Waals surface area (Å²) in [5.74, 6) is -0.812. The highest BCUT2D eigenvalue weighted by atomic mass is 32.1. The molecular weight excluding hydrogens is 292 g/mol. The number of carboxylic acids is 1. The van der Waals surface area contributed by atoms with Crippen LogP contribution in [0.25, 0.3) is 10.6 Å². The van der Waals surface area contributed by atoms with Gasteiger partial charge in [0.25, 0.3) is 0 Å². The van der Waals surface area contributed by atoms with Gasteiger partial charge in [-0.15, -0.1) is 11.3 Å². The van der Waals surface area contributed by atoms with Crippen molar-refractivity contribution >= 4 is 28.6 Å². The van der Waals surface area contributed by atoms with Gasteiger partial charge in [0.1, 0.15) is 10.5 Å². The number of likely N-dealkylation sites (N-methyl/N-ethyl adjacent to an activating group) is 1. The summed E-state index contributed by atoms with van der Waals surface area (Å²) in [6, 6.07) is 2.05. The quantitative estimate of drug-likeness (QED) is 0.886. The van der Waals surface area contributed by atoms with Crippen LogP contribution in [0.15, 0.2) is 22.2 Å². The molecule has 0 saturated heterocycles. The van der Waals surface area contributed by atoms with Gasteiger partial charge < -0.3 is 5.11 Å². The highest BCUT2D eigenvalue weighted by molar-refractivity contribution is 7.14. The smallest absolute Gasteiger partial charge is 0.323 e. The van der Waals surface area contributed by atoms with Crippen LogP contribution >= 0.6 is 22.7 Å². The molecule has 0 aliphatic heterocycles. The minimum Gasteiger partial charge on any atom is -0.480 e. The lowest BCUT2D eigenvalue weighted by Gasteiger charge is -2.33. The van der Waals surface area contributed by atoms with Gasteiger partial charge in [-0.3, -0.25) is 9.69 Å². The Morgan fingerprint density at radius 1 is 1.45 bits per heavy atom. The van der Waals surface area contributed by atoms with E-state index in [-0.39, 0.29) is 0 Å². The minimum absolute atomic E-state index is 0.552. The van der Waals surface area contributed by atoms with Crippen LogP contribution in [-0.2, 0) is 11.3 Å². The van der Waals surface area contributed by atoms with Gasteiger partial charge in [0, 0.05) is 22.9 Å². The van der Waals surface area contributed by atoms with Crippen molar-refractivity contribution < 1.29 is 9.90 Å². The molecular formula is C14H18N2O2S2. The van der Waals surface area contributed by atoms with Crippen LogP contribution in [0.3, 0.4) is 0 Å². The van der Waals surface area contributed by atoms with Crippen LogP contribution in [0.1, 0.15) is 26.5 Å². The molecule has 0 saturated carbocycles. The Balaban J connectivity index is 2.15. The summed E-state index contributed by atoms with van der Waals surface area (Å²) in [7, 11) is 0. The van der Waals surface area contributed by atoms with Gasteiger partial charge >= 0.3 is 5.97 Å². The molecule has 0 aliphatic carbocycles. The Morgan fingerprint density at radius 2 is 2.20 bits per heavy atom. The predicted octanol–water partition coefficient (Wildman–Crippen LogP) is 3.56. The molecule has 0 spiro atoms. The Bertz CT molecular complexity index is 576. The maximum absolute atomic E-state index is 11.3. The number of aromatic nitrogens is 1. The van der Waals surface area contributed by atoms with Gasteiger partial charge in [-0.1, -0.05) is 6.92 Å². The van der Waals surface area contributed by atoms with Crippen molar-refractivity contribution in [1.29, 1.82) is 0 Å². The van der Waals surface area contributed by atoms with Gasteiger partial charge in [0.15, 0.2) is 0 Å². The Morgan fingerprint density at radius 3 is 2.75 bits per heavy atom. The summed E-state index contributed by atoms with van der Waals surface area (Å²) in [6.07, 6.45) is 0. The molecule has 2 heterocycles. The summed E-state index contributed by atoms with van der Waals surface area (Å²) in [5, 5.41) is 16.4. The van der Waals surface area contributed by atoms with Crippen molar-refractivity contribution in [3.8, 4) is 10.6 Å². The van der Waals surface area contributed by atoms with Crippen molar-refractivity contribution in [1.82, 2.24) is 9.88 Å². The monoisotopic (exact) mass is 310 g/mol. The molecule has 108 valence electrons. The molecule has 0 unspecified atom stereocenters. The van der Waals surface area contributed by atoms with Crippen LogP contribution in [0, 0.1) is 0 Å². The molecule has 2 rings (SSSR count). The van der Waals surface area contributed by atoms with Crippen LogP contribution in [-0.4, -0.2) is 33.0 Å². The molecule has 1 N–H and O–H groups in total. The average molecular weight is 310 g/mol. The lowest BCUT2D eigenvalue weighted by molar-refractivity contribution is -0.149. The fourth-order valence-corrected chi connectivity index (χ4v) is 3.46. The highest BCUT2D eigenvalue weighted by Crippen LogP contribution is 2.27. The number of carbonyl (C=O) groups is 1. The zero-order valence-corrected chi connectivity index (χ0v) is 13.4. The van der Waals surface area contributed by atoms with E-state index >= 15 is 0 Å². The zero-order chi connectivity index (χ0) is 14.8. The van der Waals surface area contributed by atoms with E-state index in [0.717, 1.165) is 16.3 Å². The maximum Gasteiger partial charge on any atom is 0.323 e. The highest BCUT2D eigenvalue weighted by Gasteiger charge is 2.33. The average Bonchev–Trinajstić information content (AvgIpc) is 3.06. The largest absolute Gasteiger partial charge is 0.480 e. The number of aliphatic carboxylic acids is 1. The van der Waals surface area contributed by atoms with Crippen LogP contribution in [0.4, 0.5) is 0 Å². The molecule has 6 heteroatoms. The molecule has 20 heavy (non-hydrogen) atoms. The third kappa shape index (κ3) is 3.08. The Kier molecular flexibility index (Phi) is 4.57. The molecule has 0 bridgehead atoms. The molecule has 0 radical (unpaired) electrons. The first-order chi connectivity index (χ1) is 9.45. The summed E-state index contributed by atoms with van der Waals surface area (Å²) < 4.78 is 0. The third-order valence-corrected chi connectivity index (χ3v) is 4.99. The van der Waals surface area contributed by atoms with Crippen LogP contribution < -0.4 is 0 Å². The van der Waals surface area contributed by atoms with E-state index in [1.165, 1.54) is 0 Å². The second-order valence-corrected chi connectivity index (χ2v) is 6.67. The van der Waals surface area contributed by atoms with E-state index < -0.39 is 11.5 Å². The van der Waals surface area contributed by atoms with Crippen LogP contribution in [0.5, 0.6) is 0 Å². The Hall–Kier alpha value is -1.24. The Labute approximate surface area is 126 Å². The predicted molar refractivity (Wildman–Crippen MR) is 83.2 cm³/mol. The first-order valence-electron chi connectivity index (χ1n) is 6.40. The fraction of sp³-hybridized carbons (Fsp3) is 0.429. The normalized spacial score (nSPS) is 12.0. The van der Waals surface area contributed by atoms with Crippen molar-refractivity contribution in [2.24, 2.45) is 0 Å². The summed E-state index contributed by atoms with van der Waals surface area (Å²) in [5.41, 5.74) is 1.17. The molecule has 4 nitrogen and oxygen atoms in total. The van der Waals surface area contributed by atoms with E-state index in [1.54, 1.807) is 36.5 Å². The molecule has 0 aliphatic rings. The number of hydrogen-bond acceptors (Lipinski definition) is 5. The van der Waals surface area contributed by atoms with E-state index in [1.807, 2.05) is 28.7 Å². The van der Waals surface area contributed by atoms with Crippen molar-refractivity contribution in [3.63, 3.8) is 0 Å². The number of rotatable bonds is 6. The lowest BCUT2D eigenvalue weighted by atomic mass is 10.0. The molecule has 0 aromatic carbocycles.